The number of amides is 1. The van der Waals surface area contributed by atoms with Crippen molar-refractivity contribution in [3.63, 3.8) is 0 Å². The average Bonchev–Trinajstić information content (AvgIpc) is 3.00. The lowest BCUT2D eigenvalue weighted by atomic mass is 10.2. The SMILES string of the molecule is O=C(COc1ccc(Cl)c(F)c1)NC1CN[C@@H](c2nc3cc(Cl)ccc3o2)CC[Si]1. The van der Waals surface area contributed by atoms with E-state index in [1.54, 1.807) is 12.1 Å². The Morgan fingerprint density at radius 3 is 3.03 bits per heavy atom. The van der Waals surface area contributed by atoms with E-state index in [0.717, 1.165) is 24.0 Å². The first-order valence-electron chi connectivity index (χ1n) is 9.38. The number of rotatable bonds is 5. The molecule has 0 bridgehead atoms. The molecule has 1 aliphatic heterocycles. The van der Waals surface area contributed by atoms with E-state index in [4.69, 9.17) is 32.4 Å². The van der Waals surface area contributed by atoms with Gasteiger partial charge in [-0.1, -0.05) is 29.2 Å². The van der Waals surface area contributed by atoms with Crippen molar-refractivity contribution in [3.8, 4) is 5.75 Å². The van der Waals surface area contributed by atoms with Gasteiger partial charge in [0.05, 0.1) is 20.6 Å². The molecule has 10 heteroatoms. The lowest BCUT2D eigenvalue weighted by Gasteiger charge is -2.17. The Balaban J connectivity index is 1.30. The van der Waals surface area contributed by atoms with E-state index in [-0.39, 0.29) is 35.0 Å². The van der Waals surface area contributed by atoms with Crippen LogP contribution in [0.3, 0.4) is 0 Å². The van der Waals surface area contributed by atoms with Crippen LogP contribution in [0, 0.1) is 5.82 Å². The van der Waals surface area contributed by atoms with Crippen LogP contribution in [0.5, 0.6) is 5.75 Å². The first-order chi connectivity index (χ1) is 14.5. The second kappa shape index (κ2) is 9.34. The summed E-state index contributed by atoms with van der Waals surface area (Å²) < 4.78 is 24.7. The molecule has 0 aliphatic carbocycles. The minimum Gasteiger partial charge on any atom is -0.484 e. The van der Waals surface area contributed by atoms with Crippen molar-refractivity contribution in [2.75, 3.05) is 13.2 Å². The second-order valence-corrected chi connectivity index (χ2v) is 9.30. The molecule has 2 N–H and O–H groups in total. The largest absolute Gasteiger partial charge is 0.484 e. The molecule has 156 valence electrons. The lowest BCUT2D eigenvalue weighted by molar-refractivity contribution is -0.123. The molecule has 1 fully saturated rings. The smallest absolute Gasteiger partial charge is 0.257 e. The molecule has 3 aromatic rings. The maximum atomic E-state index is 13.4. The molecule has 0 spiro atoms. The van der Waals surface area contributed by atoms with Crippen molar-refractivity contribution in [1.29, 1.82) is 0 Å². The van der Waals surface area contributed by atoms with Crippen molar-refractivity contribution in [2.24, 2.45) is 0 Å². The minimum atomic E-state index is -0.587. The summed E-state index contributed by atoms with van der Waals surface area (Å²) in [6, 6.07) is 10.3. The van der Waals surface area contributed by atoms with Crippen molar-refractivity contribution in [1.82, 2.24) is 15.6 Å². The van der Waals surface area contributed by atoms with Crippen LogP contribution in [0.1, 0.15) is 18.4 Å². The highest BCUT2D eigenvalue weighted by atomic mass is 35.5. The van der Waals surface area contributed by atoms with Crippen molar-refractivity contribution in [3.05, 3.63) is 58.2 Å². The molecule has 2 heterocycles. The van der Waals surface area contributed by atoms with Gasteiger partial charge in [0, 0.05) is 23.3 Å². The van der Waals surface area contributed by atoms with Gasteiger partial charge in [-0.15, -0.1) is 0 Å². The number of fused-ring (bicyclic) bond motifs is 1. The highest BCUT2D eigenvalue weighted by Crippen LogP contribution is 2.26. The van der Waals surface area contributed by atoms with E-state index >= 15 is 0 Å². The van der Waals surface area contributed by atoms with E-state index in [2.05, 4.69) is 15.6 Å². The van der Waals surface area contributed by atoms with Crippen LogP contribution in [0.25, 0.3) is 11.1 Å². The molecule has 30 heavy (non-hydrogen) atoms. The molecule has 4 rings (SSSR count). The lowest BCUT2D eigenvalue weighted by Crippen LogP contribution is -2.46. The van der Waals surface area contributed by atoms with E-state index < -0.39 is 5.82 Å². The van der Waals surface area contributed by atoms with E-state index in [1.165, 1.54) is 12.1 Å². The van der Waals surface area contributed by atoms with Crippen molar-refractivity contribution >= 4 is 49.7 Å². The number of nitrogens with zero attached hydrogens (tertiary/aromatic N) is 1. The molecular formula is C20H18Cl2FN3O3Si. The number of nitrogens with one attached hydrogen (secondary N) is 2. The van der Waals surface area contributed by atoms with Crippen LogP contribution in [0.2, 0.25) is 16.1 Å². The summed E-state index contributed by atoms with van der Waals surface area (Å²) in [6.07, 6.45) is 0.853. The third kappa shape index (κ3) is 5.12. The molecular weight excluding hydrogens is 448 g/mol. The van der Waals surface area contributed by atoms with Crippen LogP contribution in [0.15, 0.2) is 40.8 Å². The van der Waals surface area contributed by atoms with Crippen LogP contribution in [-0.2, 0) is 4.79 Å². The summed E-state index contributed by atoms with van der Waals surface area (Å²) in [7, 11) is 0.546. The summed E-state index contributed by atoms with van der Waals surface area (Å²) >= 11 is 11.7. The van der Waals surface area contributed by atoms with Gasteiger partial charge < -0.3 is 19.8 Å². The fourth-order valence-electron chi connectivity index (χ4n) is 3.17. The van der Waals surface area contributed by atoms with Gasteiger partial charge >= 0.3 is 0 Å². The molecule has 6 nitrogen and oxygen atoms in total. The molecule has 2 radical (unpaired) electrons. The van der Waals surface area contributed by atoms with E-state index in [0.29, 0.717) is 32.6 Å². The zero-order valence-electron chi connectivity index (χ0n) is 15.8. The van der Waals surface area contributed by atoms with Gasteiger partial charge in [0.25, 0.3) is 5.91 Å². The summed E-state index contributed by atoms with van der Waals surface area (Å²) in [6.45, 7) is 0.390. The van der Waals surface area contributed by atoms with Crippen molar-refractivity contribution in [2.45, 2.75) is 24.2 Å². The van der Waals surface area contributed by atoms with Gasteiger partial charge in [-0.05, 0) is 36.8 Å². The average molecular weight is 466 g/mol. The van der Waals surface area contributed by atoms with Gasteiger partial charge in [0.15, 0.2) is 12.2 Å². The van der Waals surface area contributed by atoms with Gasteiger partial charge in [-0.3, -0.25) is 4.79 Å². The quantitative estimate of drug-likeness (QED) is 0.557. The molecule has 1 aromatic heterocycles. The van der Waals surface area contributed by atoms with Crippen LogP contribution in [0.4, 0.5) is 4.39 Å². The Kier molecular flexibility index (Phi) is 6.57. The third-order valence-electron chi connectivity index (χ3n) is 4.65. The number of carbonyl (C=O) groups is 1. The molecule has 1 amide bonds. The summed E-state index contributed by atoms with van der Waals surface area (Å²) in [5.74, 6) is 0.0258. The fourth-order valence-corrected chi connectivity index (χ4v) is 4.78. The van der Waals surface area contributed by atoms with Gasteiger partial charge in [0.1, 0.15) is 17.1 Å². The number of hydrogen-bond donors (Lipinski definition) is 2. The number of halogens is 3. The first-order valence-corrected chi connectivity index (χ1v) is 11.4. The fraction of sp³-hybridized carbons (Fsp3) is 0.300. The number of ether oxygens (including phenoxy) is 1. The molecule has 1 aliphatic rings. The minimum absolute atomic E-state index is 0.00845. The Morgan fingerprint density at radius 2 is 2.20 bits per heavy atom. The number of oxazole rings is 1. The highest BCUT2D eigenvalue weighted by Gasteiger charge is 2.24. The van der Waals surface area contributed by atoms with Crippen LogP contribution < -0.4 is 15.4 Å². The second-order valence-electron chi connectivity index (χ2n) is 6.85. The summed E-state index contributed by atoms with van der Waals surface area (Å²) in [5.41, 5.74) is 1.40. The first kappa shape index (κ1) is 21.1. The maximum Gasteiger partial charge on any atom is 0.257 e. The molecule has 2 atom stereocenters. The monoisotopic (exact) mass is 465 g/mol. The standard InChI is InChI=1S/C20H18Cl2FN3O3Si/c21-11-1-4-17-16(7-11)25-20(29-17)15-5-6-30-19(9-24-15)26-18(27)10-28-12-2-3-13(22)14(23)8-12/h1-4,7-8,15,19,24H,5-6,9-10H2,(H,26,27)/t15-,19?/m1/s1. The zero-order chi connectivity index (χ0) is 21.1. The highest BCUT2D eigenvalue weighted by molar-refractivity contribution is 6.38. The predicted molar refractivity (Wildman–Crippen MR) is 114 cm³/mol. The molecule has 1 saturated heterocycles. The number of benzene rings is 2. The van der Waals surface area contributed by atoms with Crippen LogP contribution in [-0.4, -0.2) is 39.2 Å². The van der Waals surface area contributed by atoms with Gasteiger partial charge in [-0.2, -0.15) is 0 Å². The number of hydrogen-bond acceptors (Lipinski definition) is 5. The van der Waals surface area contributed by atoms with Crippen molar-refractivity contribution < 1.29 is 18.3 Å². The molecule has 1 unspecified atom stereocenters. The molecule has 0 saturated carbocycles. The number of carbonyl (C=O) groups excluding carboxylic acids is 1. The topological polar surface area (TPSA) is 76.4 Å². The maximum absolute atomic E-state index is 13.4. The summed E-state index contributed by atoms with van der Waals surface area (Å²) in [4.78, 5) is 16.8. The van der Waals surface area contributed by atoms with Gasteiger partial charge in [-0.25, -0.2) is 9.37 Å². The van der Waals surface area contributed by atoms with E-state index in [1.807, 2.05) is 6.07 Å². The Bertz CT molecular complexity index is 1060. The third-order valence-corrected chi connectivity index (χ3v) is 6.61. The predicted octanol–water partition coefficient (Wildman–Crippen LogP) is 3.95. The normalized spacial score (nSPS) is 19.4. The summed E-state index contributed by atoms with van der Waals surface area (Å²) in [5, 5.41) is 7.00. The zero-order valence-corrected chi connectivity index (χ0v) is 18.3. The van der Waals surface area contributed by atoms with Gasteiger partial charge in [0.2, 0.25) is 5.89 Å². The van der Waals surface area contributed by atoms with E-state index in [9.17, 15) is 9.18 Å². The molecule has 2 aromatic carbocycles. The van der Waals surface area contributed by atoms with Crippen LogP contribution >= 0.6 is 23.2 Å². The Hall–Kier alpha value is -2.13. The Morgan fingerprint density at radius 1 is 1.33 bits per heavy atom. The number of aromatic nitrogens is 1. The Labute approximate surface area is 184 Å².